The Morgan fingerprint density at radius 1 is 0.611 bits per heavy atom. The van der Waals surface area contributed by atoms with Crippen LogP contribution in [-0.2, 0) is 28.6 Å². The van der Waals surface area contributed by atoms with Crippen LogP contribution >= 0.6 is 0 Å². The minimum Gasteiger partial charge on any atom is -0.462 e. The van der Waals surface area contributed by atoms with Crippen molar-refractivity contribution in [2.24, 2.45) is 17.8 Å². The Hall–Kier alpha value is -3.05. The van der Waals surface area contributed by atoms with Gasteiger partial charge in [0.15, 0.2) is 0 Å². The van der Waals surface area contributed by atoms with Crippen LogP contribution in [0.15, 0.2) is 60.7 Å². The van der Waals surface area contributed by atoms with E-state index in [0.29, 0.717) is 25.2 Å². The Kier molecular flexibility index (Phi) is 20.5. The van der Waals surface area contributed by atoms with Gasteiger partial charge in [-0.25, -0.2) is 14.4 Å². The van der Waals surface area contributed by atoms with E-state index >= 15 is 0 Å². The van der Waals surface area contributed by atoms with Crippen LogP contribution in [0, 0.1) is 17.8 Å². The molecule has 10 heteroatoms. The lowest BCUT2D eigenvalue weighted by Gasteiger charge is -2.38. The van der Waals surface area contributed by atoms with Crippen LogP contribution in [0.1, 0.15) is 115 Å². The first-order chi connectivity index (χ1) is 26.1. The molecule has 2 aliphatic carbocycles. The molecule has 0 saturated heterocycles. The zero-order valence-corrected chi connectivity index (χ0v) is 34.0. The lowest BCUT2D eigenvalue weighted by atomic mass is 9.68. The number of hydrogen-bond acceptors (Lipinski definition) is 9. The third-order valence-corrected chi connectivity index (χ3v) is 17.6. The fourth-order valence-electron chi connectivity index (χ4n) is 8.70. The summed E-state index contributed by atoms with van der Waals surface area (Å²) in [5.41, 5.74) is 1.40. The Bertz CT molecular complexity index is 1250. The maximum Gasteiger partial charge on any atom is 0.335 e. The predicted molar refractivity (Wildman–Crippen MR) is 216 cm³/mol. The molecule has 0 spiro atoms. The Morgan fingerprint density at radius 3 is 1.41 bits per heavy atom. The SMILES string of the molecule is C=C(CO)C(=O)OCCC[Si](CCCOC(=O)C(=C)CO)(CCCOC(=O)C(=C)CO)c1ccc(C2CCC(C3CCC(CCCCC)CC3)CC2)cc1. The summed E-state index contributed by atoms with van der Waals surface area (Å²) in [4.78, 5) is 36.6. The van der Waals surface area contributed by atoms with E-state index < -0.39 is 45.8 Å². The highest BCUT2D eigenvalue weighted by molar-refractivity contribution is 6.91. The smallest absolute Gasteiger partial charge is 0.335 e. The van der Waals surface area contributed by atoms with E-state index in [9.17, 15) is 29.7 Å². The molecule has 2 saturated carbocycles. The second-order valence-corrected chi connectivity index (χ2v) is 20.4. The summed E-state index contributed by atoms with van der Waals surface area (Å²) in [6.45, 7) is 12.1. The summed E-state index contributed by atoms with van der Waals surface area (Å²) < 4.78 is 16.2. The molecule has 0 atom stereocenters. The number of hydrogen-bond donors (Lipinski definition) is 3. The van der Waals surface area contributed by atoms with Crippen molar-refractivity contribution in [1.82, 2.24) is 0 Å². The number of aliphatic hydroxyl groups excluding tert-OH is 3. The standard InChI is InChI=1S/C44H68O9Si/c1-5-6-7-11-36-12-14-37(15-13-36)38-16-18-39(19-17-38)40-20-22-41(23-21-40)54(27-8-24-51-42(48)33(2)30-45,28-9-25-52-43(49)34(3)31-46)29-10-26-53-44(50)35(4)32-47/h20-23,36-39,45-47H,2-19,24-32H2,1H3. The van der Waals surface area contributed by atoms with Crippen molar-refractivity contribution in [3.8, 4) is 0 Å². The van der Waals surface area contributed by atoms with Crippen LogP contribution in [-0.4, -0.2) is 80.9 Å². The molecule has 2 aliphatic rings. The van der Waals surface area contributed by atoms with Gasteiger partial charge >= 0.3 is 17.9 Å². The van der Waals surface area contributed by atoms with E-state index in [1.165, 1.54) is 87.8 Å². The molecule has 54 heavy (non-hydrogen) atoms. The molecule has 2 fully saturated rings. The highest BCUT2D eigenvalue weighted by Gasteiger charge is 2.35. The van der Waals surface area contributed by atoms with Gasteiger partial charge in [0.05, 0.1) is 64.4 Å². The van der Waals surface area contributed by atoms with Crippen molar-refractivity contribution < 1.29 is 43.9 Å². The van der Waals surface area contributed by atoms with Crippen LogP contribution in [0.4, 0.5) is 0 Å². The quantitative estimate of drug-likeness (QED) is 0.0304. The van der Waals surface area contributed by atoms with Crippen LogP contribution in [0.2, 0.25) is 18.1 Å². The first-order valence-corrected chi connectivity index (χ1v) is 23.2. The molecule has 0 amide bonds. The van der Waals surface area contributed by atoms with Crippen molar-refractivity contribution >= 4 is 31.2 Å². The van der Waals surface area contributed by atoms with Gasteiger partial charge < -0.3 is 29.5 Å². The van der Waals surface area contributed by atoms with Crippen LogP contribution in [0.5, 0.6) is 0 Å². The molecule has 302 valence electrons. The van der Waals surface area contributed by atoms with Crippen LogP contribution < -0.4 is 5.19 Å². The number of benzene rings is 1. The van der Waals surface area contributed by atoms with Gasteiger partial charge in [0.1, 0.15) is 0 Å². The monoisotopic (exact) mass is 768 g/mol. The van der Waals surface area contributed by atoms with E-state index in [-0.39, 0.29) is 36.5 Å². The molecule has 3 N–H and O–H groups in total. The summed E-state index contributed by atoms with van der Waals surface area (Å²) in [5.74, 6) is 1.39. The third-order valence-electron chi connectivity index (χ3n) is 12.1. The highest BCUT2D eigenvalue weighted by Crippen LogP contribution is 2.44. The number of unbranched alkanes of at least 4 members (excludes halogenated alkanes) is 2. The van der Waals surface area contributed by atoms with Crippen molar-refractivity contribution in [3.63, 3.8) is 0 Å². The Balaban J connectivity index is 1.72. The van der Waals surface area contributed by atoms with Crippen LogP contribution in [0.25, 0.3) is 0 Å². The number of carbonyl (C=O) groups is 3. The highest BCUT2D eigenvalue weighted by atomic mass is 28.3. The summed E-state index contributed by atoms with van der Waals surface area (Å²) in [5, 5.41) is 29.1. The third kappa shape index (κ3) is 14.5. The minimum atomic E-state index is -2.41. The average Bonchev–Trinajstić information content (AvgIpc) is 3.21. The first-order valence-electron chi connectivity index (χ1n) is 20.5. The number of aliphatic hydroxyl groups is 3. The number of ether oxygens (including phenoxy) is 3. The van der Waals surface area contributed by atoms with Gasteiger partial charge in [-0.05, 0) is 105 Å². The molecule has 1 aromatic carbocycles. The zero-order chi connectivity index (χ0) is 39.3. The van der Waals surface area contributed by atoms with Crippen molar-refractivity contribution in [2.45, 2.75) is 127 Å². The zero-order valence-electron chi connectivity index (χ0n) is 33.0. The predicted octanol–water partition coefficient (Wildman–Crippen LogP) is 7.45. The lowest BCUT2D eigenvalue weighted by Crippen LogP contribution is -2.48. The van der Waals surface area contributed by atoms with E-state index in [1.54, 1.807) is 0 Å². The lowest BCUT2D eigenvalue weighted by molar-refractivity contribution is -0.140. The fraction of sp³-hybridized carbons (Fsp3) is 0.659. The van der Waals surface area contributed by atoms with Gasteiger partial charge in [-0.15, -0.1) is 0 Å². The van der Waals surface area contributed by atoms with E-state index in [1.807, 2.05) is 0 Å². The number of esters is 3. The van der Waals surface area contributed by atoms with Gasteiger partial charge in [0.2, 0.25) is 0 Å². The largest absolute Gasteiger partial charge is 0.462 e. The van der Waals surface area contributed by atoms with Gasteiger partial charge in [0.25, 0.3) is 0 Å². The van der Waals surface area contributed by atoms with E-state index in [4.69, 9.17) is 14.2 Å². The molecule has 1 aromatic rings. The molecular formula is C44H68O9Si. The van der Waals surface area contributed by atoms with Gasteiger partial charge in [0, 0.05) is 0 Å². The average molecular weight is 769 g/mol. The van der Waals surface area contributed by atoms with E-state index in [0.717, 1.165) is 35.9 Å². The fourth-order valence-corrected chi connectivity index (χ4v) is 13.7. The molecule has 0 heterocycles. The molecule has 0 radical (unpaired) electrons. The molecular weight excluding hydrogens is 701 g/mol. The maximum atomic E-state index is 12.2. The van der Waals surface area contributed by atoms with Crippen LogP contribution in [0.3, 0.4) is 0 Å². The molecule has 0 bridgehead atoms. The summed E-state index contributed by atoms with van der Waals surface area (Å²) >= 11 is 0. The van der Waals surface area contributed by atoms with Gasteiger partial charge in [-0.1, -0.05) is 94.6 Å². The van der Waals surface area contributed by atoms with E-state index in [2.05, 4.69) is 50.9 Å². The molecule has 0 aromatic heterocycles. The minimum absolute atomic E-state index is 0.00545. The summed E-state index contributed by atoms with van der Waals surface area (Å²) in [6.07, 6.45) is 18.0. The summed E-state index contributed by atoms with van der Waals surface area (Å²) in [7, 11) is -2.41. The number of carbonyl (C=O) groups excluding carboxylic acids is 3. The summed E-state index contributed by atoms with van der Waals surface area (Å²) in [6, 6.07) is 11.4. The molecule has 9 nitrogen and oxygen atoms in total. The Labute approximate surface area is 325 Å². The second kappa shape index (κ2) is 24.5. The Morgan fingerprint density at radius 2 is 1.02 bits per heavy atom. The second-order valence-electron chi connectivity index (χ2n) is 15.8. The number of rotatable bonds is 25. The van der Waals surface area contributed by atoms with Gasteiger partial charge in [-0.3, -0.25) is 0 Å². The molecule has 3 rings (SSSR count). The normalized spacial score (nSPS) is 20.1. The molecule has 0 unspecified atom stereocenters. The van der Waals surface area contributed by atoms with Gasteiger partial charge in [-0.2, -0.15) is 0 Å². The van der Waals surface area contributed by atoms with Crippen molar-refractivity contribution in [2.75, 3.05) is 39.6 Å². The molecule has 0 aliphatic heterocycles. The maximum absolute atomic E-state index is 12.2. The topological polar surface area (TPSA) is 140 Å². The van der Waals surface area contributed by atoms with Crippen molar-refractivity contribution in [1.29, 1.82) is 0 Å². The van der Waals surface area contributed by atoms with Crippen molar-refractivity contribution in [3.05, 3.63) is 66.3 Å². The first kappa shape index (κ1) is 45.3.